The van der Waals surface area contributed by atoms with Crippen LogP contribution in [0.5, 0.6) is 5.75 Å². The van der Waals surface area contributed by atoms with Gasteiger partial charge in [-0.1, -0.05) is 6.92 Å². The van der Waals surface area contributed by atoms with E-state index in [1.165, 1.54) is 12.1 Å². The molecule has 7 nitrogen and oxygen atoms in total. The maximum Gasteiger partial charge on any atom is 0.386 e. The summed E-state index contributed by atoms with van der Waals surface area (Å²) in [6.45, 7) is 2.79. The predicted octanol–water partition coefficient (Wildman–Crippen LogP) is 2.87. The van der Waals surface area contributed by atoms with Crippen molar-refractivity contribution in [2.45, 2.75) is 31.6 Å². The van der Waals surface area contributed by atoms with Crippen LogP contribution in [0.25, 0.3) is 6.20 Å². The van der Waals surface area contributed by atoms with Crippen LogP contribution in [0.3, 0.4) is 0 Å². The number of alkyl halides is 3. The molecule has 1 aromatic carbocycles. The summed E-state index contributed by atoms with van der Waals surface area (Å²) in [4.78, 5) is 0. The lowest BCUT2D eigenvalue weighted by Gasteiger charge is -2.37. The van der Waals surface area contributed by atoms with E-state index in [1.54, 1.807) is 29.2 Å². The van der Waals surface area contributed by atoms with E-state index in [0.29, 0.717) is 36.0 Å². The van der Waals surface area contributed by atoms with Gasteiger partial charge in [0.1, 0.15) is 23.8 Å². The molecule has 29 heavy (non-hydrogen) atoms. The number of nitrogen functional groups attached to an aromatic ring is 1. The highest BCUT2D eigenvalue weighted by Gasteiger charge is 2.36. The van der Waals surface area contributed by atoms with Gasteiger partial charge in [0, 0.05) is 31.1 Å². The minimum Gasteiger partial charge on any atom is -0.492 e. The summed E-state index contributed by atoms with van der Waals surface area (Å²) in [5.41, 5.74) is 18.1. The summed E-state index contributed by atoms with van der Waals surface area (Å²) in [5, 5.41) is 7.30. The monoisotopic (exact) mass is 416 g/mol. The first-order chi connectivity index (χ1) is 13.4. The average molecular weight is 416 g/mol. The van der Waals surface area contributed by atoms with Crippen LogP contribution in [0.2, 0.25) is 0 Å². The first kappa shape index (κ1) is 22.5. The number of nitrogens with zero attached hydrogens (tertiary/aromatic N) is 2. The number of ether oxygens (including phenoxy) is 1. The van der Waals surface area contributed by atoms with E-state index in [2.05, 4.69) is 10.4 Å². The maximum atomic E-state index is 13.8. The first-order valence-corrected chi connectivity index (χ1v) is 8.73. The van der Waals surface area contributed by atoms with Gasteiger partial charge in [-0.25, -0.2) is 9.07 Å². The molecule has 3 rings (SSSR count). The molecule has 1 aliphatic rings. The van der Waals surface area contributed by atoms with Gasteiger partial charge in [0.25, 0.3) is 0 Å². The Morgan fingerprint density at radius 1 is 1.34 bits per heavy atom. The Morgan fingerprint density at radius 2 is 2.00 bits per heavy atom. The molecule has 0 saturated heterocycles. The molecule has 0 fully saturated rings. The molecule has 160 valence electrons. The van der Waals surface area contributed by atoms with Crippen molar-refractivity contribution in [2.75, 3.05) is 24.2 Å². The van der Waals surface area contributed by atoms with Gasteiger partial charge in [0.2, 0.25) is 0 Å². The van der Waals surface area contributed by atoms with Gasteiger partial charge in [-0.05, 0) is 24.3 Å². The lowest BCUT2D eigenvalue weighted by Crippen LogP contribution is -2.52. The van der Waals surface area contributed by atoms with Crippen LogP contribution in [-0.4, -0.2) is 34.8 Å². The Bertz CT molecular complexity index is 861. The van der Waals surface area contributed by atoms with Crippen molar-refractivity contribution >= 4 is 17.7 Å². The van der Waals surface area contributed by atoms with E-state index in [-0.39, 0.29) is 18.7 Å². The molecule has 1 aromatic heterocycles. The summed E-state index contributed by atoms with van der Waals surface area (Å²) >= 11 is 0. The zero-order valence-corrected chi connectivity index (χ0v) is 16.0. The summed E-state index contributed by atoms with van der Waals surface area (Å²) in [6, 6.07) is 4.36. The van der Waals surface area contributed by atoms with E-state index >= 15 is 0 Å². The quantitative estimate of drug-likeness (QED) is 0.557. The fourth-order valence-electron chi connectivity index (χ4n) is 2.73. The number of aromatic nitrogens is 2. The van der Waals surface area contributed by atoms with Crippen molar-refractivity contribution < 1.29 is 22.3 Å². The van der Waals surface area contributed by atoms with Crippen LogP contribution in [0, 0.1) is 5.82 Å². The number of hydrogen-bond donors (Lipinski definition) is 4. The molecule has 0 amide bonds. The molecule has 0 spiro atoms. The first-order valence-electron chi connectivity index (χ1n) is 8.73. The molecule has 0 bridgehead atoms. The van der Waals surface area contributed by atoms with Gasteiger partial charge in [-0.3, -0.25) is 0 Å². The zero-order chi connectivity index (χ0) is 21.8. The summed E-state index contributed by atoms with van der Waals surface area (Å²) in [6.07, 6.45) is 1.05. The third-order valence-corrected chi connectivity index (χ3v) is 4.18. The Balaban J connectivity index is 0.000000537. The van der Waals surface area contributed by atoms with Gasteiger partial charge in [-0.15, -0.1) is 0 Å². The van der Waals surface area contributed by atoms with Crippen molar-refractivity contribution in [1.82, 2.24) is 9.78 Å². The number of halogens is 4. The maximum absolute atomic E-state index is 13.8. The molecule has 11 heteroatoms. The topological polar surface area (TPSA) is 117 Å². The van der Waals surface area contributed by atoms with Gasteiger partial charge in [0.15, 0.2) is 5.82 Å². The predicted molar refractivity (Wildman–Crippen MR) is 104 cm³/mol. The van der Waals surface area contributed by atoms with E-state index in [0.717, 1.165) is 0 Å². The Labute approximate surface area is 165 Å². The molecule has 0 radical (unpaired) electrons. The van der Waals surface area contributed by atoms with Gasteiger partial charge >= 0.3 is 6.18 Å². The van der Waals surface area contributed by atoms with E-state index in [1.807, 2.05) is 6.92 Å². The van der Waals surface area contributed by atoms with E-state index < -0.39 is 11.8 Å². The van der Waals surface area contributed by atoms with Gasteiger partial charge < -0.3 is 27.3 Å². The number of rotatable bonds is 5. The van der Waals surface area contributed by atoms with Crippen molar-refractivity contribution in [3.63, 3.8) is 0 Å². The Hall–Kier alpha value is -2.79. The van der Waals surface area contributed by atoms with E-state index in [4.69, 9.17) is 21.9 Å². The molecule has 0 saturated carbocycles. The lowest BCUT2D eigenvalue weighted by atomic mass is 9.86. The van der Waals surface area contributed by atoms with Crippen molar-refractivity contribution in [2.24, 2.45) is 11.5 Å². The molecule has 0 aliphatic carbocycles. The molecular weight excluding hydrogens is 392 g/mol. The second-order valence-corrected chi connectivity index (χ2v) is 6.59. The highest BCUT2D eigenvalue weighted by Crippen LogP contribution is 2.38. The minimum absolute atomic E-state index is 0.188. The second-order valence-electron chi connectivity index (χ2n) is 6.59. The average Bonchev–Trinajstić information content (AvgIpc) is 2.99. The van der Waals surface area contributed by atoms with Crippen molar-refractivity contribution in [1.29, 1.82) is 0 Å². The van der Waals surface area contributed by atoms with Crippen LogP contribution >= 0.6 is 0 Å². The minimum atomic E-state index is -4.00. The van der Waals surface area contributed by atoms with Crippen molar-refractivity contribution in [3.8, 4) is 5.75 Å². The van der Waals surface area contributed by atoms with Gasteiger partial charge in [0.05, 0.1) is 11.9 Å². The van der Waals surface area contributed by atoms with E-state index in [9.17, 15) is 17.6 Å². The molecule has 2 aromatic rings. The van der Waals surface area contributed by atoms with Gasteiger partial charge in [-0.2, -0.15) is 18.3 Å². The number of nitrogens with one attached hydrogen (secondary N) is 1. The standard InChI is InChI=1S/C16H21FN6O.C2H3F3/c1-10(12-8-11(17)2-3-14(12)24-7-5-18)16(20)4-6-23-15(22-16)13(19)9-21-23;1-2(3,4)5/h2-4,6,8-10,22H,5,7,18-20H2,1H3;1H3. The molecule has 1 aliphatic heterocycles. The highest BCUT2D eigenvalue weighted by atomic mass is 19.4. The largest absolute Gasteiger partial charge is 0.492 e. The fourth-order valence-corrected chi connectivity index (χ4v) is 2.73. The summed E-state index contributed by atoms with van der Waals surface area (Å²) in [7, 11) is 0. The zero-order valence-electron chi connectivity index (χ0n) is 16.0. The Kier molecular flexibility index (Phi) is 6.75. The normalized spacial score (nSPS) is 18.9. The van der Waals surface area contributed by atoms with Crippen LogP contribution in [-0.2, 0) is 0 Å². The summed E-state index contributed by atoms with van der Waals surface area (Å²) in [5.74, 6) is 0.499. The molecule has 2 heterocycles. The number of anilines is 2. The number of benzene rings is 1. The molecule has 7 N–H and O–H groups in total. The van der Waals surface area contributed by atoms with Crippen LogP contribution in [0.15, 0.2) is 30.5 Å². The third kappa shape index (κ3) is 5.84. The van der Waals surface area contributed by atoms with Crippen LogP contribution in [0.4, 0.5) is 29.1 Å². The lowest BCUT2D eigenvalue weighted by molar-refractivity contribution is -0.110. The van der Waals surface area contributed by atoms with Crippen molar-refractivity contribution in [3.05, 3.63) is 41.9 Å². The molecule has 2 atom stereocenters. The van der Waals surface area contributed by atoms with Crippen LogP contribution in [0.1, 0.15) is 25.3 Å². The molecule has 2 unspecified atom stereocenters. The number of hydrogen-bond acceptors (Lipinski definition) is 6. The molecular formula is C18H24F4N6O. The van der Waals surface area contributed by atoms with Crippen LogP contribution < -0.4 is 27.3 Å². The number of fused-ring (bicyclic) bond motifs is 1. The Morgan fingerprint density at radius 3 is 2.62 bits per heavy atom. The highest BCUT2D eigenvalue weighted by molar-refractivity contribution is 5.68. The smallest absolute Gasteiger partial charge is 0.386 e. The second kappa shape index (κ2) is 8.70. The third-order valence-electron chi connectivity index (χ3n) is 4.18. The number of nitrogens with two attached hydrogens (primary N) is 3. The SMILES string of the molecule is CC(F)(F)F.CC(c1cc(F)ccc1OCCN)C1(N)C=Cn2ncc(N)c2N1. The summed E-state index contributed by atoms with van der Waals surface area (Å²) < 4.78 is 52.1. The fraction of sp³-hybridized carbons (Fsp3) is 0.389.